The van der Waals surface area contributed by atoms with Gasteiger partial charge in [0.2, 0.25) is 0 Å². The molecular weight excluding hydrogens is 228 g/mol. The van der Waals surface area contributed by atoms with E-state index in [2.05, 4.69) is 6.58 Å². The van der Waals surface area contributed by atoms with E-state index in [0.29, 0.717) is 16.7 Å². The number of carboxylic acids is 1. The lowest BCUT2D eigenvalue weighted by molar-refractivity contribution is -0.132. The Hall–Kier alpha value is -1.90. The van der Waals surface area contributed by atoms with Crippen LogP contribution in [0.4, 0.5) is 0 Å². The smallest absolute Gasteiger partial charge is 0.335 e. The molecule has 0 atom stereocenters. The Labute approximate surface area is 108 Å². The lowest BCUT2D eigenvalue weighted by atomic mass is 9.97. The number of carboxylic acid groups (broad SMARTS) is 1. The van der Waals surface area contributed by atoms with Gasteiger partial charge in [-0.15, -0.1) is 0 Å². The monoisotopic (exact) mass is 248 g/mol. The van der Waals surface area contributed by atoms with Gasteiger partial charge in [-0.05, 0) is 52.3 Å². The van der Waals surface area contributed by atoms with Crippen molar-refractivity contribution in [1.29, 1.82) is 0 Å². The molecule has 0 rings (SSSR count). The van der Waals surface area contributed by atoms with Crippen molar-refractivity contribution in [3.63, 3.8) is 0 Å². The Morgan fingerprint density at radius 2 is 1.44 bits per heavy atom. The molecule has 0 aromatic heterocycles. The van der Waals surface area contributed by atoms with Crippen LogP contribution in [0.5, 0.6) is 0 Å². The Morgan fingerprint density at radius 3 is 1.78 bits per heavy atom. The molecule has 0 aliphatic carbocycles. The second-order valence-corrected chi connectivity index (χ2v) is 4.55. The van der Waals surface area contributed by atoms with Gasteiger partial charge in [-0.3, -0.25) is 4.79 Å². The standard InChI is InChI=1S/C15H20O3/c1-9(2)7-13(15(17)18)11(5)12(6)14(16)8-10(3)4/h7-8H,1H2,2-6H3,(H,17,18). The Bertz CT molecular complexity index is 470. The van der Waals surface area contributed by atoms with Crippen molar-refractivity contribution in [3.8, 4) is 0 Å². The average molecular weight is 248 g/mol. The molecule has 0 aromatic carbocycles. The molecule has 98 valence electrons. The molecule has 0 saturated carbocycles. The summed E-state index contributed by atoms with van der Waals surface area (Å²) in [5.74, 6) is -1.22. The number of rotatable bonds is 5. The fourth-order valence-corrected chi connectivity index (χ4v) is 1.33. The quantitative estimate of drug-likeness (QED) is 0.599. The summed E-state index contributed by atoms with van der Waals surface area (Å²) in [6.07, 6.45) is 2.97. The van der Waals surface area contributed by atoms with Gasteiger partial charge in [0.1, 0.15) is 0 Å². The highest BCUT2D eigenvalue weighted by atomic mass is 16.4. The third-order valence-corrected chi connectivity index (χ3v) is 2.38. The Balaban J connectivity index is 5.63. The summed E-state index contributed by atoms with van der Waals surface area (Å²) in [6.45, 7) is 12.3. The summed E-state index contributed by atoms with van der Waals surface area (Å²) in [5, 5.41) is 9.13. The average Bonchev–Trinajstić information content (AvgIpc) is 2.22. The van der Waals surface area contributed by atoms with Crippen molar-refractivity contribution in [3.05, 3.63) is 46.6 Å². The van der Waals surface area contributed by atoms with Gasteiger partial charge < -0.3 is 5.11 Å². The first-order valence-corrected chi connectivity index (χ1v) is 5.64. The first-order chi connectivity index (χ1) is 8.16. The predicted molar refractivity (Wildman–Crippen MR) is 73.3 cm³/mol. The van der Waals surface area contributed by atoms with Gasteiger partial charge in [0.05, 0.1) is 5.57 Å². The van der Waals surface area contributed by atoms with Crippen molar-refractivity contribution in [2.75, 3.05) is 0 Å². The fraction of sp³-hybridized carbons (Fsp3) is 0.333. The van der Waals surface area contributed by atoms with E-state index in [1.807, 2.05) is 13.8 Å². The molecule has 0 bridgehead atoms. The summed E-state index contributed by atoms with van der Waals surface area (Å²) >= 11 is 0. The SMILES string of the molecule is C=C(C)C=C(C(=O)O)C(C)=C(C)C(=O)C=C(C)C. The lowest BCUT2D eigenvalue weighted by Gasteiger charge is -2.07. The first kappa shape index (κ1) is 16.1. The molecule has 0 saturated heterocycles. The van der Waals surface area contributed by atoms with Crippen molar-refractivity contribution >= 4 is 11.8 Å². The van der Waals surface area contributed by atoms with Crippen LogP contribution in [0, 0.1) is 0 Å². The van der Waals surface area contributed by atoms with E-state index in [0.717, 1.165) is 5.57 Å². The van der Waals surface area contributed by atoms with Crippen LogP contribution in [0.2, 0.25) is 0 Å². The van der Waals surface area contributed by atoms with Gasteiger partial charge in [-0.1, -0.05) is 17.7 Å². The summed E-state index contributed by atoms with van der Waals surface area (Å²) in [4.78, 5) is 23.0. The van der Waals surface area contributed by atoms with Gasteiger partial charge in [-0.25, -0.2) is 4.79 Å². The Morgan fingerprint density at radius 1 is 0.944 bits per heavy atom. The molecule has 0 radical (unpaired) electrons. The van der Waals surface area contributed by atoms with Crippen LogP contribution in [-0.4, -0.2) is 16.9 Å². The number of allylic oxidation sites excluding steroid dienone is 5. The first-order valence-electron chi connectivity index (χ1n) is 5.64. The second kappa shape index (κ2) is 6.74. The molecule has 3 heteroatoms. The fourth-order valence-electron chi connectivity index (χ4n) is 1.33. The molecule has 0 amide bonds. The van der Waals surface area contributed by atoms with Gasteiger partial charge in [0, 0.05) is 5.57 Å². The molecule has 0 fully saturated rings. The summed E-state index contributed by atoms with van der Waals surface area (Å²) < 4.78 is 0. The summed E-state index contributed by atoms with van der Waals surface area (Å²) in [7, 11) is 0. The van der Waals surface area contributed by atoms with Gasteiger partial charge >= 0.3 is 5.97 Å². The summed E-state index contributed by atoms with van der Waals surface area (Å²) in [5.41, 5.74) is 2.52. The van der Waals surface area contributed by atoms with Crippen LogP contribution in [0.25, 0.3) is 0 Å². The minimum absolute atomic E-state index is 0.107. The van der Waals surface area contributed by atoms with Crippen molar-refractivity contribution in [1.82, 2.24) is 0 Å². The maximum absolute atomic E-state index is 11.8. The van der Waals surface area contributed by atoms with E-state index in [1.165, 1.54) is 12.2 Å². The molecule has 0 aliphatic rings. The number of aliphatic carboxylic acids is 1. The minimum atomic E-state index is -1.06. The largest absolute Gasteiger partial charge is 0.478 e. The van der Waals surface area contributed by atoms with E-state index in [9.17, 15) is 9.59 Å². The van der Waals surface area contributed by atoms with Crippen molar-refractivity contribution in [2.24, 2.45) is 0 Å². The van der Waals surface area contributed by atoms with Gasteiger partial charge in [0.25, 0.3) is 0 Å². The topological polar surface area (TPSA) is 54.4 Å². The minimum Gasteiger partial charge on any atom is -0.478 e. The third kappa shape index (κ3) is 4.95. The maximum atomic E-state index is 11.8. The van der Waals surface area contributed by atoms with Gasteiger partial charge in [-0.2, -0.15) is 0 Å². The predicted octanol–water partition coefficient (Wildman–Crippen LogP) is 3.45. The highest BCUT2D eigenvalue weighted by Gasteiger charge is 2.14. The van der Waals surface area contributed by atoms with Crippen LogP contribution >= 0.6 is 0 Å². The van der Waals surface area contributed by atoms with E-state index in [-0.39, 0.29) is 11.4 Å². The third-order valence-electron chi connectivity index (χ3n) is 2.38. The number of carbonyl (C=O) groups excluding carboxylic acids is 1. The number of hydrogen-bond donors (Lipinski definition) is 1. The van der Waals surface area contributed by atoms with Crippen LogP contribution in [0.1, 0.15) is 34.6 Å². The molecule has 0 aliphatic heterocycles. The zero-order valence-electron chi connectivity index (χ0n) is 11.6. The lowest BCUT2D eigenvalue weighted by Crippen LogP contribution is -2.07. The second-order valence-electron chi connectivity index (χ2n) is 4.55. The zero-order valence-corrected chi connectivity index (χ0v) is 11.6. The number of ketones is 1. The normalized spacial score (nSPS) is 12.6. The van der Waals surface area contributed by atoms with Crippen LogP contribution < -0.4 is 0 Å². The van der Waals surface area contributed by atoms with Crippen LogP contribution in [0.15, 0.2) is 46.6 Å². The number of carbonyl (C=O) groups is 2. The molecule has 0 unspecified atom stereocenters. The van der Waals surface area contributed by atoms with Crippen LogP contribution in [-0.2, 0) is 9.59 Å². The molecule has 1 N–H and O–H groups in total. The summed E-state index contributed by atoms with van der Waals surface area (Å²) in [6, 6.07) is 0. The van der Waals surface area contributed by atoms with E-state index < -0.39 is 5.97 Å². The van der Waals surface area contributed by atoms with E-state index in [1.54, 1.807) is 20.8 Å². The molecular formula is C15H20O3. The number of hydrogen-bond acceptors (Lipinski definition) is 2. The maximum Gasteiger partial charge on any atom is 0.335 e. The molecule has 0 aromatic rings. The zero-order chi connectivity index (χ0) is 14.5. The molecule has 3 nitrogen and oxygen atoms in total. The van der Waals surface area contributed by atoms with Crippen molar-refractivity contribution < 1.29 is 14.7 Å². The van der Waals surface area contributed by atoms with Gasteiger partial charge in [0.15, 0.2) is 5.78 Å². The van der Waals surface area contributed by atoms with E-state index >= 15 is 0 Å². The molecule has 18 heavy (non-hydrogen) atoms. The van der Waals surface area contributed by atoms with Crippen molar-refractivity contribution in [2.45, 2.75) is 34.6 Å². The molecule has 0 heterocycles. The molecule has 0 spiro atoms. The van der Waals surface area contributed by atoms with E-state index in [4.69, 9.17) is 5.11 Å². The highest BCUT2D eigenvalue weighted by Crippen LogP contribution is 2.18. The van der Waals surface area contributed by atoms with Crippen LogP contribution in [0.3, 0.4) is 0 Å². The Kier molecular flexibility index (Phi) is 6.03. The highest BCUT2D eigenvalue weighted by molar-refractivity contribution is 6.06.